The highest BCUT2D eigenvalue weighted by molar-refractivity contribution is 14.0. The van der Waals surface area contributed by atoms with Gasteiger partial charge in [0.05, 0.1) is 5.69 Å². The molecule has 2 aliphatic rings. The van der Waals surface area contributed by atoms with Crippen LogP contribution in [0.3, 0.4) is 0 Å². The monoisotopic (exact) mass is 475 g/mol. The van der Waals surface area contributed by atoms with Gasteiger partial charge in [0, 0.05) is 51.9 Å². The first kappa shape index (κ1) is 21.5. The first-order chi connectivity index (χ1) is 12.2. The van der Waals surface area contributed by atoms with Crippen molar-refractivity contribution in [2.45, 2.75) is 46.1 Å². The maximum Gasteiger partial charge on any atom is 0.194 e. The number of aliphatic imine (C=N–C) groups is 1. The largest absolute Gasteiger partial charge is 0.364 e. The summed E-state index contributed by atoms with van der Waals surface area (Å²) in [6.07, 6.45) is 7.10. The number of guanidine groups is 1. The summed E-state index contributed by atoms with van der Waals surface area (Å²) in [5.41, 5.74) is 1.01. The van der Waals surface area contributed by atoms with Gasteiger partial charge in [0.1, 0.15) is 6.26 Å². The van der Waals surface area contributed by atoms with Crippen LogP contribution < -0.4 is 5.32 Å². The summed E-state index contributed by atoms with van der Waals surface area (Å²) in [5, 5.41) is 7.51. The summed E-state index contributed by atoms with van der Waals surface area (Å²) in [4.78, 5) is 9.82. The van der Waals surface area contributed by atoms with E-state index in [9.17, 15) is 0 Å². The Morgan fingerprint density at radius 1 is 1.31 bits per heavy atom. The lowest BCUT2D eigenvalue weighted by Gasteiger charge is -2.36. The highest BCUT2D eigenvalue weighted by Gasteiger charge is 2.22. The minimum absolute atomic E-state index is 0. The van der Waals surface area contributed by atoms with Gasteiger partial charge in [-0.15, -0.1) is 24.0 Å². The molecular weight excluding hydrogens is 441 g/mol. The number of rotatable bonds is 5. The molecule has 1 saturated heterocycles. The van der Waals surface area contributed by atoms with Crippen molar-refractivity contribution in [2.75, 3.05) is 39.3 Å². The zero-order chi connectivity index (χ0) is 17.5. The summed E-state index contributed by atoms with van der Waals surface area (Å²) in [6, 6.07) is 1.95. The average molecular weight is 475 g/mol. The van der Waals surface area contributed by atoms with Gasteiger partial charge in [-0.3, -0.25) is 9.89 Å². The number of nitrogens with one attached hydrogen (secondary N) is 1. The fourth-order valence-electron chi connectivity index (χ4n) is 4.03. The van der Waals surface area contributed by atoms with Crippen molar-refractivity contribution in [3.8, 4) is 0 Å². The third kappa shape index (κ3) is 6.40. The van der Waals surface area contributed by atoms with Crippen molar-refractivity contribution in [1.29, 1.82) is 0 Å². The van der Waals surface area contributed by atoms with Crippen molar-refractivity contribution in [1.82, 2.24) is 20.3 Å². The lowest BCUT2D eigenvalue weighted by molar-refractivity contribution is 0.168. The minimum Gasteiger partial charge on any atom is -0.364 e. The molecule has 3 rings (SSSR count). The van der Waals surface area contributed by atoms with Crippen molar-refractivity contribution < 1.29 is 4.52 Å². The van der Waals surface area contributed by atoms with Gasteiger partial charge in [0.15, 0.2) is 5.96 Å². The molecule has 1 saturated carbocycles. The first-order valence-corrected chi connectivity index (χ1v) is 9.89. The molecule has 2 atom stereocenters. The molecule has 7 heteroatoms. The Balaban J connectivity index is 0.00000243. The second-order valence-electron chi connectivity index (χ2n) is 7.59. The van der Waals surface area contributed by atoms with Crippen LogP contribution in [0.25, 0.3) is 0 Å². The van der Waals surface area contributed by atoms with Crippen LogP contribution in [0.2, 0.25) is 0 Å². The molecule has 1 aliphatic heterocycles. The van der Waals surface area contributed by atoms with E-state index < -0.39 is 0 Å². The van der Waals surface area contributed by atoms with Gasteiger partial charge < -0.3 is 14.7 Å². The van der Waals surface area contributed by atoms with Crippen LogP contribution in [-0.4, -0.2) is 60.2 Å². The Hall–Kier alpha value is -0.830. The molecule has 0 amide bonds. The normalized spacial score (nSPS) is 25.0. The maximum atomic E-state index is 4.98. The second kappa shape index (κ2) is 11.1. The molecule has 1 aliphatic carbocycles. The van der Waals surface area contributed by atoms with Crippen molar-refractivity contribution >= 4 is 29.9 Å². The Labute approximate surface area is 174 Å². The third-order valence-corrected chi connectivity index (χ3v) is 5.43. The predicted molar refractivity (Wildman–Crippen MR) is 116 cm³/mol. The lowest BCUT2D eigenvalue weighted by Crippen LogP contribution is -2.52. The van der Waals surface area contributed by atoms with Crippen molar-refractivity contribution in [3.05, 3.63) is 18.0 Å². The van der Waals surface area contributed by atoms with Crippen LogP contribution in [0.1, 0.15) is 45.2 Å². The zero-order valence-corrected chi connectivity index (χ0v) is 18.5. The van der Waals surface area contributed by atoms with Crippen LogP contribution in [-0.2, 0) is 6.54 Å². The smallest absolute Gasteiger partial charge is 0.194 e. The molecule has 1 aromatic rings. The quantitative estimate of drug-likeness (QED) is 0.403. The molecule has 0 bridgehead atoms. The Morgan fingerprint density at radius 3 is 2.77 bits per heavy atom. The molecule has 0 spiro atoms. The van der Waals surface area contributed by atoms with E-state index in [1.165, 1.54) is 25.7 Å². The molecule has 2 heterocycles. The van der Waals surface area contributed by atoms with Gasteiger partial charge >= 0.3 is 0 Å². The van der Waals surface area contributed by atoms with Crippen molar-refractivity contribution in [3.63, 3.8) is 0 Å². The van der Waals surface area contributed by atoms with Gasteiger partial charge in [0.25, 0.3) is 0 Å². The third-order valence-electron chi connectivity index (χ3n) is 5.43. The van der Waals surface area contributed by atoms with Gasteiger partial charge in [-0.2, -0.15) is 0 Å². The van der Waals surface area contributed by atoms with E-state index in [-0.39, 0.29) is 24.0 Å². The Morgan fingerprint density at radius 2 is 2.12 bits per heavy atom. The molecule has 6 nitrogen and oxygen atoms in total. The molecule has 2 fully saturated rings. The average Bonchev–Trinajstić information content (AvgIpc) is 3.12. The van der Waals surface area contributed by atoms with Crippen molar-refractivity contribution in [2.24, 2.45) is 16.8 Å². The number of piperazine rings is 1. The van der Waals surface area contributed by atoms with Gasteiger partial charge in [-0.1, -0.05) is 24.9 Å². The van der Waals surface area contributed by atoms with E-state index >= 15 is 0 Å². The SMILES string of the molecule is CCNC(=NCC1CCCC(C)C1)N1CCN(Cc2ccon2)CC1.I. The minimum atomic E-state index is 0. The Kier molecular flexibility index (Phi) is 9.18. The summed E-state index contributed by atoms with van der Waals surface area (Å²) in [7, 11) is 0. The molecule has 26 heavy (non-hydrogen) atoms. The van der Waals surface area contributed by atoms with E-state index in [1.807, 2.05) is 6.07 Å². The van der Waals surface area contributed by atoms with Gasteiger partial charge in [-0.05, 0) is 31.6 Å². The summed E-state index contributed by atoms with van der Waals surface area (Å²) in [6.45, 7) is 11.4. The standard InChI is InChI=1S/C19H33N5O.HI/c1-3-20-19(21-14-17-6-4-5-16(2)13-17)24-10-8-23(9-11-24)15-18-7-12-25-22-18;/h7,12,16-17H,3-6,8-11,13-15H2,1-2H3,(H,20,21);1H. The van der Waals surface area contributed by atoms with Crippen LogP contribution in [0, 0.1) is 11.8 Å². The molecule has 2 unspecified atom stereocenters. The molecule has 1 aromatic heterocycles. The lowest BCUT2D eigenvalue weighted by atomic mass is 9.82. The molecule has 1 N–H and O–H groups in total. The van der Waals surface area contributed by atoms with Crippen LogP contribution in [0.5, 0.6) is 0 Å². The zero-order valence-electron chi connectivity index (χ0n) is 16.2. The number of hydrogen-bond acceptors (Lipinski definition) is 4. The fourth-order valence-corrected chi connectivity index (χ4v) is 4.03. The fraction of sp³-hybridized carbons (Fsp3) is 0.789. The highest BCUT2D eigenvalue weighted by atomic mass is 127. The van der Waals surface area contributed by atoms with E-state index in [4.69, 9.17) is 9.52 Å². The van der Waals surface area contributed by atoms with Gasteiger partial charge in [-0.25, -0.2) is 0 Å². The molecular formula is C19H34IN5O. The molecule has 0 aromatic carbocycles. The second-order valence-corrected chi connectivity index (χ2v) is 7.59. The van der Waals surface area contributed by atoms with E-state index in [0.717, 1.165) is 69.3 Å². The number of halogens is 1. The summed E-state index contributed by atoms with van der Waals surface area (Å²) < 4.78 is 4.93. The summed E-state index contributed by atoms with van der Waals surface area (Å²) >= 11 is 0. The molecule has 0 radical (unpaired) electrons. The number of nitrogens with zero attached hydrogens (tertiary/aromatic N) is 4. The van der Waals surface area contributed by atoms with E-state index in [0.29, 0.717) is 0 Å². The molecule has 148 valence electrons. The van der Waals surface area contributed by atoms with E-state index in [1.54, 1.807) is 6.26 Å². The topological polar surface area (TPSA) is 56.9 Å². The summed E-state index contributed by atoms with van der Waals surface area (Å²) in [5.74, 6) is 2.74. The van der Waals surface area contributed by atoms with Gasteiger partial charge in [0.2, 0.25) is 0 Å². The Bertz CT molecular complexity index is 528. The van der Waals surface area contributed by atoms with E-state index in [2.05, 4.69) is 34.1 Å². The maximum absolute atomic E-state index is 4.98. The van der Waals surface area contributed by atoms with Crippen LogP contribution in [0.15, 0.2) is 21.8 Å². The van der Waals surface area contributed by atoms with Crippen LogP contribution >= 0.6 is 24.0 Å². The first-order valence-electron chi connectivity index (χ1n) is 9.89. The van der Waals surface area contributed by atoms with Crippen LogP contribution in [0.4, 0.5) is 0 Å². The number of aromatic nitrogens is 1. The predicted octanol–water partition coefficient (Wildman–Crippen LogP) is 3.20. The highest BCUT2D eigenvalue weighted by Crippen LogP contribution is 2.28. The number of hydrogen-bond donors (Lipinski definition) is 1.